The van der Waals surface area contributed by atoms with Crippen molar-refractivity contribution in [2.75, 3.05) is 18.0 Å². The third kappa shape index (κ3) is 4.80. The van der Waals surface area contributed by atoms with E-state index < -0.39 is 0 Å². The first-order valence-electron chi connectivity index (χ1n) is 12.1. The molecule has 3 heterocycles. The average molecular weight is 507 g/mol. The number of amides is 1. The zero-order chi connectivity index (χ0) is 25.1. The summed E-state index contributed by atoms with van der Waals surface area (Å²) in [5.41, 5.74) is 2.25. The highest BCUT2D eigenvalue weighted by molar-refractivity contribution is 8.26. The van der Waals surface area contributed by atoms with Crippen molar-refractivity contribution >= 4 is 46.1 Å². The van der Waals surface area contributed by atoms with Crippen LogP contribution in [0.4, 0.5) is 5.82 Å². The minimum absolute atomic E-state index is 0.129. The minimum atomic E-state index is -0.269. The van der Waals surface area contributed by atoms with Crippen LogP contribution < -0.4 is 10.5 Å². The summed E-state index contributed by atoms with van der Waals surface area (Å²) in [4.78, 5) is 31.2. The van der Waals surface area contributed by atoms with Gasteiger partial charge >= 0.3 is 0 Å². The molecule has 0 N–H and O–H groups in total. The summed E-state index contributed by atoms with van der Waals surface area (Å²) in [5, 5.41) is 9.79. The molecule has 0 bridgehead atoms. The minimum Gasteiger partial charge on any atom is -0.357 e. The number of aromatic nitrogens is 1. The van der Waals surface area contributed by atoms with E-state index in [9.17, 15) is 14.9 Å². The van der Waals surface area contributed by atoms with Gasteiger partial charge in [-0.25, -0.2) is 0 Å². The van der Waals surface area contributed by atoms with E-state index in [0.29, 0.717) is 21.3 Å². The van der Waals surface area contributed by atoms with E-state index in [4.69, 9.17) is 12.2 Å². The van der Waals surface area contributed by atoms with Crippen molar-refractivity contribution in [1.82, 2.24) is 9.47 Å². The Bertz CT molecular complexity index is 1270. The molecule has 1 atom stereocenters. The first kappa shape index (κ1) is 25.2. The third-order valence-electron chi connectivity index (χ3n) is 6.84. The normalized spacial score (nSPS) is 18.6. The van der Waals surface area contributed by atoms with Crippen molar-refractivity contribution in [2.45, 2.75) is 59.0 Å². The van der Waals surface area contributed by atoms with E-state index in [1.165, 1.54) is 11.8 Å². The maximum Gasteiger partial charge on any atom is 0.270 e. The number of carbonyl (C=O) groups excluding carboxylic acids is 1. The molecule has 6 nitrogen and oxygen atoms in total. The molecule has 2 fully saturated rings. The maximum atomic E-state index is 13.6. The van der Waals surface area contributed by atoms with Crippen LogP contribution >= 0.6 is 24.0 Å². The van der Waals surface area contributed by atoms with Gasteiger partial charge in [0.2, 0.25) is 0 Å². The fourth-order valence-corrected chi connectivity index (χ4v) is 6.29. The summed E-state index contributed by atoms with van der Waals surface area (Å²) in [6.07, 6.45) is 6.26. The highest BCUT2D eigenvalue weighted by atomic mass is 32.2. The standard InChI is InChI=1S/C27H30N4O2S2/c1-4-30-24(29-14-10-5-6-11-15-29)21(18(2)22(17-28)25(30)32)16-23-26(33)31(27(34)35-23)19(3)20-12-8-7-9-13-20/h7-9,12-13,16,19H,4-6,10-11,14-15H2,1-3H3/b23-16-. The first-order valence-corrected chi connectivity index (χ1v) is 13.4. The van der Waals surface area contributed by atoms with Crippen LogP contribution in [0.1, 0.15) is 67.8 Å². The largest absolute Gasteiger partial charge is 0.357 e. The molecular weight excluding hydrogens is 476 g/mol. The van der Waals surface area contributed by atoms with Gasteiger partial charge in [0, 0.05) is 25.2 Å². The molecule has 1 amide bonds. The Morgan fingerprint density at radius 1 is 1.14 bits per heavy atom. The number of thiocarbonyl (C=S) groups is 1. The molecule has 182 valence electrons. The van der Waals surface area contributed by atoms with E-state index in [1.807, 2.05) is 50.3 Å². The lowest BCUT2D eigenvalue weighted by molar-refractivity contribution is -0.123. The van der Waals surface area contributed by atoms with Gasteiger partial charge in [-0.2, -0.15) is 5.26 Å². The van der Waals surface area contributed by atoms with E-state index in [2.05, 4.69) is 11.0 Å². The molecule has 0 spiro atoms. The third-order valence-corrected chi connectivity index (χ3v) is 8.17. The summed E-state index contributed by atoms with van der Waals surface area (Å²) in [7, 11) is 0. The Morgan fingerprint density at radius 2 is 1.80 bits per heavy atom. The first-order chi connectivity index (χ1) is 16.9. The lowest BCUT2D eigenvalue weighted by atomic mass is 10.0. The Kier molecular flexibility index (Phi) is 7.78. The zero-order valence-corrected chi connectivity index (χ0v) is 22.0. The Hall–Kier alpha value is -2.89. The van der Waals surface area contributed by atoms with Crippen LogP contribution in [0.5, 0.6) is 0 Å². The lowest BCUT2D eigenvalue weighted by Crippen LogP contribution is -2.35. The highest BCUT2D eigenvalue weighted by Gasteiger charge is 2.36. The Balaban J connectivity index is 1.84. The van der Waals surface area contributed by atoms with E-state index in [-0.39, 0.29) is 23.1 Å². The molecule has 2 saturated heterocycles. The van der Waals surface area contributed by atoms with Crippen molar-refractivity contribution in [1.29, 1.82) is 5.26 Å². The molecule has 8 heteroatoms. The van der Waals surface area contributed by atoms with Gasteiger partial charge in [0.1, 0.15) is 21.8 Å². The number of pyridine rings is 1. The number of anilines is 1. The second-order valence-corrected chi connectivity index (χ2v) is 10.6. The molecule has 1 aromatic heterocycles. The van der Waals surface area contributed by atoms with E-state index >= 15 is 0 Å². The van der Waals surface area contributed by atoms with Crippen molar-refractivity contribution in [3.8, 4) is 6.07 Å². The van der Waals surface area contributed by atoms with Gasteiger partial charge in [-0.15, -0.1) is 0 Å². The Morgan fingerprint density at radius 3 is 2.40 bits per heavy atom. The van der Waals surface area contributed by atoms with Crippen molar-refractivity contribution < 1.29 is 4.79 Å². The van der Waals surface area contributed by atoms with Gasteiger partial charge < -0.3 is 4.90 Å². The van der Waals surface area contributed by atoms with Crippen molar-refractivity contribution in [3.63, 3.8) is 0 Å². The van der Waals surface area contributed by atoms with Gasteiger partial charge in [-0.3, -0.25) is 19.1 Å². The highest BCUT2D eigenvalue weighted by Crippen LogP contribution is 2.40. The summed E-state index contributed by atoms with van der Waals surface area (Å²) in [6.45, 7) is 7.84. The van der Waals surface area contributed by atoms with Gasteiger partial charge in [0.15, 0.2) is 0 Å². The molecule has 1 aromatic carbocycles. The molecular formula is C27H30N4O2S2. The number of hydrogen-bond acceptors (Lipinski definition) is 6. The van der Waals surface area contributed by atoms with E-state index in [1.54, 1.807) is 16.4 Å². The van der Waals surface area contributed by atoms with Crippen molar-refractivity contribution in [2.24, 2.45) is 0 Å². The van der Waals surface area contributed by atoms with Crippen LogP contribution in [-0.4, -0.2) is 32.8 Å². The zero-order valence-electron chi connectivity index (χ0n) is 20.4. The number of carbonyl (C=O) groups is 1. The summed E-state index contributed by atoms with van der Waals surface area (Å²) in [6, 6.07) is 11.7. The molecule has 2 aliphatic rings. The topological polar surface area (TPSA) is 69.3 Å². The van der Waals surface area contributed by atoms with Crippen molar-refractivity contribution in [3.05, 3.63) is 67.8 Å². The summed E-state index contributed by atoms with van der Waals surface area (Å²) in [5.74, 6) is 0.655. The Labute approximate surface area is 216 Å². The van der Waals surface area contributed by atoms with Crippen LogP contribution in [0.3, 0.4) is 0 Å². The fourth-order valence-electron chi connectivity index (χ4n) is 4.89. The molecule has 35 heavy (non-hydrogen) atoms. The van der Waals surface area contributed by atoms with Crippen LogP contribution in [0.2, 0.25) is 0 Å². The predicted octanol–water partition coefficient (Wildman–Crippen LogP) is 5.39. The summed E-state index contributed by atoms with van der Waals surface area (Å²) < 4.78 is 2.20. The summed E-state index contributed by atoms with van der Waals surface area (Å²) >= 11 is 6.90. The van der Waals surface area contributed by atoms with Crippen LogP contribution in [0, 0.1) is 18.3 Å². The molecule has 2 aliphatic heterocycles. The number of benzene rings is 1. The number of rotatable bonds is 5. The monoisotopic (exact) mass is 506 g/mol. The average Bonchev–Trinajstić information content (AvgIpc) is 3.02. The van der Waals surface area contributed by atoms with E-state index in [0.717, 1.165) is 55.7 Å². The lowest BCUT2D eigenvalue weighted by Gasteiger charge is -2.29. The number of thioether (sulfide) groups is 1. The molecule has 0 radical (unpaired) electrons. The maximum absolute atomic E-state index is 13.6. The fraction of sp³-hybridized carbons (Fsp3) is 0.407. The molecule has 2 aromatic rings. The van der Waals surface area contributed by atoms with Crippen LogP contribution in [0.25, 0.3) is 6.08 Å². The second-order valence-electron chi connectivity index (χ2n) is 8.94. The van der Waals surface area contributed by atoms with Gasteiger partial charge in [0.25, 0.3) is 11.5 Å². The second kappa shape index (κ2) is 10.8. The van der Waals surface area contributed by atoms with Crippen LogP contribution in [0.15, 0.2) is 40.0 Å². The van der Waals surface area contributed by atoms with Gasteiger partial charge in [-0.05, 0) is 50.8 Å². The molecule has 4 rings (SSSR count). The number of nitriles is 1. The quantitative estimate of drug-likeness (QED) is 0.400. The number of hydrogen-bond donors (Lipinski definition) is 0. The van der Waals surface area contributed by atoms with Gasteiger partial charge in [-0.1, -0.05) is 67.2 Å². The SMILES string of the molecule is CCn1c(N2CCCCCC2)c(/C=C2\SC(=S)N(C(C)c3ccccc3)C2=O)c(C)c(C#N)c1=O. The van der Waals surface area contributed by atoms with Crippen LogP contribution in [-0.2, 0) is 11.3 Å². The molecule has 1 unspecified atom stereocenters. The number of nitrogens with zero attached hydrogens (tertiary/aromatic N) is 4. The molecule has 0 aliphatic carbocycles. The van der Waals surface area contributed by atoms with Gasteiger partial charge in [0.05, 0.1) is 10.9 Å². The predicted molar refractivity (Wildman–Crippen MR) is 146 cm³/mol. The molecule has 0 saturated carbocycles. The smallest absolute Gasteiger partial charge is 0.270 e.